The molecular weight excluding hydrogens is 344 g/mol. The molecule has 1 heterocycles. The highest BCUT2D eigenvalue weighted by Gasteiger charge is 2.26. The van der Waals surface area contributed by atoms with Crippen LogP contribution in [-0.2, 0) is 20.7 Å². The molecule has 0 aromatic heterocycles. The fourth-order valence-electron chi connectivity index (χ4n) is 3.17. The molecule has 2 N–H and O–H groups in total. The van der Waals surface area contributed by atoms with E-state index in [4.69, 9.17) is 4.74 Å². The van der Waals surface area contributed by atoms with Crippen molar-refractivity contribution in [3.8, 4) is 0 Å². The zero-order chi connectivity index (χ0) is 19.4. The summed E-state index contributed by atoms with van der Waals surface area (Å²) in [5.74, 6) is -0.923. The maximum atomic E-state index is 12.4. The molecule has 2 aromatic carbocycles. The van der Waals surface area contributed by atoms with E-state index < -0.39 is 5.97 Å². The van der Waals surface area contributed by atoms with Crippen molar-refractivity contribution in [1.82, 2.24) is 0 Å². The molecular formula is C21H22N2O4. The van der Waals surface area contributed by atoms with Gasteiger partial charge in [-0.2, -0.15) is 0 Å². The molecule has 1 aliphatic heterocycles. The number of aryl methyl sites for hydroxylation is 1. The summed E-state index contributed by atoms with van der Waals surface area (Å²) < 4.78 is 4.71. The molecule has 1 unspecified atom stereocenters. The van der Waals surface area contributed by atoms with Gasteiger partial charge in [0.2, 0.25) is 11.8 Å². The molecule has 6 heteroatoms. The highest BCUT2D eigenvalue weighted by molar-refractivity contribution is 5.97. The first-order valence-corrected chi connectivity index (χ1v) is 8.85. The molecule has 2 aromatic rings. The number of fused-ring (bicyclic) bond motifs is 1. The molecule has 1 aliphatic rings. The predicted octanol–water partition coefficient (Wildman–Crippen LogP) is 3.31. The van der Waals surface area contributed by atoms with E-state index in [1.54, 1.807) is 18.2 Å². The summed E-state index contributed by atoms with van der Waals surface area (Å²) in [5, 5.41) is 5.72. The van der Waals surface area contributed by atoms with Crippen molar-refractivity contribution in [2.45, 2.75) is 26.2 Å². The summed E-state index contributed by atoms with van der Waals surface area (Å²) in [5.41, 5.74) is 3.73. The second-order valence-corrected chi connectivity index (χ2v) is 6.66. The van der Waals surface area contributed by atoms with Gasteiger partial charge in [-0.3, -0.25) is 9.59 Å². The van der Waals surface area contributed by atoms with Crippen LogP contribution in [0.5, 0.6) is 0 Å². The number of amides is 2. The third-order valence-electron chi connectivity index (χ3n) is 4.76. The Labute approximate surface area is 157 Å². The Morgan fingerprint density at radius 1 is 1.22 bits per heavy atom. The summed E-state index contributed by atoms with van der Waals surface area (Å²) >= 11 is 0. The molecule has 3 rings (SSSR count). The van der Waals surface area contributed by atoms with Gasteiger partial charge in [-0.05, 0) is 49.1 Å². The Morgan fingerprint density at radius 2 is 2.00 bits per heavy atom. The third-order valence-corrected chi connectivity index (χ3v) is 4.76. The quantitative estimate of drug-likeness (QED) is 0.795. The monoisotopic (exact) mass is 366 g/mol. The van der Waals surface area contributed by atoms with Gasteiger partial charge in [0.05, 0.1) is 12.7 Å². The lowest BCUT2D eigenvalue weighted by Gasteiger charge is -2.24. The molecule has 1 atom stereocenters. The van der Waals surface area contributed by atoms with Crippen molar-refractivity contribution in [3.05, 3.63) is 59.2 Å². The minimum absolute atomic E-state index is 0.0506. The number of ether oxygens (including phenoxy) is 1. The van der Waals surface area contributed by atoms with Crippen LogP contribution in [0.4, 0.5) is 11.4 Å². The van der Waals surface area contributed by atoms with Crippen LogP contribution in [0.25, 0.3) is 0 Å². The van der Waals surface area contributed by atoms with E-state index >= 15 is 0 Å². The van der Waals surface area contributed by atoms with Crippen LogP contribution in [0.15, 0.2) is 42.5 Å². The average molecular weight is 366 g/mol. The fraction of sp³-hybridized carbons (Fsp3) is 0.286. The van der Waals surface area contributed by atoms with E-state index in [0.29, 0.717) is 24.1 Å². The summed E-state index contributed by atoms with van der Waals surface area (Å²) in [6.07, 6.45) is 1.32. The Balaban J connectivity index is 1.60. The second kappa shape index (κ2) is 8.03. The normalized spacial score (nSPS) is 15.5. The second-order valence-electron chi connectivity index (χ2n) is 6.66. The standard InChI is InChI=1S/C21H22N2O4/c1-13-7-8-16(21(26)27-2)12-18(13)22-19(24)10-9-15-11-14-5-3-4-6-17(14)23-20(15)25/h3-8,12,15H,9-11H2,1-2H3,(H,22,24)(H,23,25). The maximum absolute atomic E-state index is 12.4. The van der Waals surface area contributed by atoms with Crippen molar-refractivity contribution in [1.29, 1.82) is 0 Å². The van der Waals surface area contributed by atoms with Gasteiger partial charge in [0.1, 0.15) is 0 Å². The fourth-order valence-corrected chi connectivity index (χ4v) is 3.17. The van der Waals surface area contributed by atoms with Crippen molar-refractivity contribution < 1.29 is 19.1 Å². The number of carbonyl (C=O) groups is 3. The molecule has 2 amide bonds. The van der Waals surface area contributed by atoms with E-state index in [-0.39, 0.29) is 24.2 Å². The van der Waals surface area contributed by atoms with E-state index in [1.165, 1.54) is 7.11 Å². The zero-order valence-electron chi connectivity index (χ0n) is 15.4. The highest BCUT2D eigenvalue weighted by Crippen LogP contribution is 2.27. The summed E-state index contributed by atoms with van der Waals surface area (Å²) in [7, 11) is 1.31. The van der Waals surface area contributed by atoms with Crippen molar-refractivity contribution in [3.63, 3.8) is 0 Å². The van der Waals surface area contributed by atoms with Gasteiger partial charge < -0.3 is 15.4 Å². The third kappa shape index (κ3) is 4.34. The Hall–Kier alpha value is -3.15. The number of hydrogen-bond acceptors (Lipinski definition) is 4. The van der Waals surface area contributed by atoms with Crippen LogP contribution in [-0.4, -0.2) is 24.9 Å². The minimum atomic E-state index is -0.456. The number of para-hydroxylation sites is 1. The molecule has 0 bridgehead atoms. The lowest BCUT2D eigenvalue weighted by atomic mass is 9.89. The van der Waals surface area contributed by atoms with Gasteiger partial charge >= 0.3 is 5.97 Å². The summed E-state index contributed by atoms with van der Waals surface area (Å²) in [6.45, 7) is 1.85. The van der Waals surface area contributed by atoms with Crippen LogP contribution in [0.2, 0.25) is 0 Å². The molecule has 0 saturated heterocycles. The van der Waals surface area contributed by atoms with E-state index in [9.17, 15) is 14.4 Å². The number of rotatable bonds is 5. The topological polar surface area (TPSA) is 84.5 Å². The van der Waals surface area contributed by atoms with Gasteiger partial charge in [0.15, 0.2) is 0 Å². The van der Waals surface area contributed by atoms with Gasteiger partial charge in [-0.25, -0.2) is 4.79 Å². The van der Waals surface area contributed by atoms with Gasteiger partial charge in [-0.15, -0.1) is 0 Å². The Kier molecular flexibility index (Phi) is 5.54. The number of nitrogens with one attached hydrogen (secondary N) is 2. The summed E-state index contributed by atoms with van der Waals surface area (Å²) in [6, 6.07) is 12.7. The van der Waals surface area contributed by atoms with Crippen LogP contribution in [0.1, 0.15) is 34.3 Å². The van der Waals surface area contributed by atoms with Crippen LogP contribution in [0, 0.1) is 12.8 Å². The smallest absolute Gasteiger partial charge is 0.337 e. The van der Waals surface area contributed by atoms with Gasteiger partial charge in [0.25, 0.3) is 0 Å². The van der Waals surface area contributed by atoms with Crippen molar-refractivity contribution in [2.24, 2.45) is 5.92 Å². The van der Waals surface area contributed by atoms with E-state index in [1.807, 2.05) is 31.2 Å². The predicted molar refractivity (Wildman–Crippen MR) is 103 cm³/mol. The van der Waals surface area contributed by atoms with E-state index in [2.05, 4.69) is 10.6 Å². The molecule has 0 radical (unpaired) electrons. The molecule has 140 valence electrons. The zero-order valence-corrected chi connectivity index (χ0v) is 15.4. The van der Waals surface area contributed by atoms with Gasteiger partial charge in [-0.1, -0.05) is 24.3 Å². The van der Waals surface area contributed by atoms with Crippen LogP contribution in [0.3, 0.4) is 0 Å². The minimum Gasteiger partial charge on any atom is -0.465 e. The molecule has 27 heavy (non-hydrogen) atoms. The summed E-state index contributed by atoms with van der Waals surface area (Å²) in [4.78, 5) is 36.2. The first-order valence-electron chi connectivity index (χ1n) is 8.85. The largest absolute Gasteiger partial charge is 0.465 e. The SMILES string of the molecule is COC(=O)c1ccc(C)c(NC(=O)CCC2Cc3ccccc3NC2=O)c1. The lowest BCUT2D eigenvalue weighted by molar-refractivity contribution is -0.121. The number of benzene rings is 2. The molecule has 6 nitrogen and oxygen atoms in total. The highest BCUT2D eigenvalue weighted by atomic mass is 16.5. The first-order chi connectivity index (χ1) is 13.0. The van der Waals surface area contributed by atoms with Crippen molar-refractivity contribution >= 4 is 29.2 Å². The lowest BCUT2D eigenvalue weighted by Crippen LogP contribution is -2.30. The first kappa shape index (κ1) is 18.6. The molecule has 0 aliphatic carbocycles. The number of carbonyl (C=O) groups excluding carboxylic acids is 3. The van der Waals surface area contributed by atoms with Gasteiger partial charge in [0, 0.05) is 23.7 Å². The Bertz CT molecular complexity index is 892. The molecule has 0 spiro atoms. The maximum Gasteiger partial charge on any atom is 0.337 e. The number of esters is 1. The molecule has 0 saturated carbocycles. The number of anilines is 2. The molecule has 0 fully saturated rings. The van der Waals surface area contributed by atoms with E-state index in [0.717, 1.165) is 16.8 Å². The van der Waals surface area contributed by atoms with Crippen LogP contribution < -0.4 is 10.6 Å². The Morgan fingerprint density at radius 3 is 2.78 bits per heavy atom. The van der Waals surface area contributed by atoms with Crippen molar-refractivity contribution in [2.75, 3.05) is 17.7 Å². The number of hydrogen-bond donors (Lipinski definition) is 2. The van der Waals surface area contributed by atoms with Crippen LogP contribution >= 0.6 is 0 Å². The average Bonchev–Trinajstić information content (AvgIpc) is 2.67. The number of methoxy groups -OCH3 is 1.